The van der Waals surface area contributed by atoms with Crippen molar-refractivity contribution in [2.24, 2.45) is 0 Å². The van der Waals surface area contributed by atoms with Crippen molar-refractivity contribution < 1.29 is 4.79 Å². The second kappa shape index (κ2) is 9.03. The molecule has 0 radical (unpaired) electrons. The van der Waals surface area contributed by atoms with E-state index in [4.69, 9.17) is 10.2 Å². The first-order valence-corrected chi connectivity index (χ1v) is 11.1. The minimum atomic E-state index is -0.130. The van der Waals surface area contributed by atoms with Crippen LogP contribution in [0.3, 0.4) is 0 Å². The van der Waals surface area contributed by atoms with Crippen LogP contribution in [-0.2, 0) is 17.8 Å². The molecule has 1 amide bonds. The molecular formula is C22H19N5OS2. The number of rotatable bonds is 7. The number of nitrogens with zero attached hydrogens (tertiary/aromatic N) is 4. The molecule has 0 unspecified atom stereocenters. The molecule has 3 aromatic heterocycles. The molecule has 3 heterocycles. The lowest BCUT2D eigenvalue weighted by Crippen LogP contribution is -2.17. The van der Waals surface area contributed by atoms with Gasteiger partial charge >= 0.3 is 0 Å². The van der Waals surface area contributed by atoms with Crippen molar-refractivity contribution >= 4 is 34.4 Å². The number of nitrogens with one attached hydrogen (secondary N) is 1. The summed E-state index contributed by atoms with van der Waals surface area (Å²) >= 11 is 3.15. The van der Waals surface area contributed by atoms with Gasteiger partial charge in [0.1, 0.15) is 10.8 Å². The first-order valence-electron chi connectivity index (χ1n) is 9.44. The summed E-state index contributed by atoms with van der Waals surface area (Å²) in [5.41, 5.74) is 2.70. The van der Waals surface area contributed by atoms with Gasteiger partial charge in [-0.25, -0.2) is 9.67 Å². The Balaban J connectivity index is 1.59. The van der Waals surface area contributed by atoms with Crippen LogP contribution < -0.4 is 5.32 Å². The number of benzene rings is 1. The highest BCUT2D eigenvalue weighted by atomic mass is 32.1. The Morgan fingerprint density at radius 1 is 1.23 bits per heavy atom. The number of thiophene rings is 1. The highest BCUT2D eigenvalue weighted by Gasteiger charge is 2.19. The molecule has 30 heavy (non-hydrogen) atoms. The summed E-state index contributed by atoms with van der Waals surface area (Å²) in [4.78, 5) is 19.7. The maximum absolute atomic E-state index is 12.8. The third-order valence-electron chi connectivity index (χ3n) is 4.40. The van der Waals surface area contributed by atoms with Crippen molar-refractivity contribution in [2.75, 3.05) is 5.32 Å². The van der Waals surface area contributed by atoms with Crippen LogP contribution in [0, 0.1) is 18.3 Å². The number of carbonyl (C=O) groups is 1. The summed E-state index contributed by atoms with van der Waals surface area (Å²) in [7, 11) is 0. The van der Waals surface area contributed by atoms with Gasteiger partial charge in [-0.2, -0.15) is 10.4 Å². The number of aryl methyl sites for hydroxylation is 2. The van der Waals surface area contributed by atoms with Gasteiger partial charge in [0, 0.05) is 16.5 Å². The van der Waals surface area contributed by atoms with E-state index in [0.29, 0.717) is 18.8 Å². The Labute approximate surface area is 182 Å². The van der Waals surface area contributed by atoms with E-state index in [1.165, 1.54) is 0 Å². The summed E-state index contributed by atoms with van der Waals surface area (Å²) in [6.45, 7) is 2.31. The summed E-state index contributed by atoms with van der Waals surface area (Å²) in [5, 5.41) is 19.0. The van der Waals surface area contributed by atoms with E-state index < -0.39 is 0 Å². The Kier molecular flexibility index (Phi) is 6.02. The van der Waals surface area contributed by atoms with Crippen LogP contribution in [0.25, 0.3) is 21.1 Å². The normalized spacial score (nSPS) is 10.7. The maximum atomic E-state index is 12.8. The fraction of sp³-hybridized carbons (Fsp3) is 0.182. The van der Waals surface area contributed by atoms with Crippen LogP contribution >= 0.6 is 22.7 Å². The summed E-state index contributed by atoms with van der Waals surface area (Å²) in [5.74, 6) is 0.479. The lowest BCUT2D eigenvalue weighted by atomic mass is 10.2. The molecule has 0 spiro atoms. The number of aromatic nitrogens is 3. The molecular weight excluding hydrogens is 414 g/mol. The standard InChI is InChI=1S/C22H19N5OS2/c1-15-13-19(27(26-15)11-6-10-23)24-20(28)14-18-21(17-9-5-12-29-17)25-22(30-18)16-7-3-2-4-8-16/h2-5,7-9,12-13H,6,11,14H2,1H3,(H,24,28). The number of amides is 1. The van der Waals surface area contributed by atoms with E-state index in [0.717, 1.165) is 31.7 Å². The second-order valence-corrected chi connectivity index (χ2v) is 8.69. The van der Waals surface area contributed by atoms with E-state index in [9.17, 15) is 4.79 Å². The number of carbonyl (C=O) groups excluding carboxylic acids is 1. The Morgan fingerprint density at radius 2 is 2.07 bits per heavy atom. The number of hydrogen-bond donors (Lipinski definition) is 1. The van der Waals surface area contributed by atoms with Gasteiger partial charge in [0.15, 0.2) is 0 Å². The predicted octanol–water partition coefficient (Wildman–Crippen LogP) is 5.14. The molecule has 4 rings (SSSR count). The predicted molar refractivity (Wildman–Crippen MR) is 120 cm³/mol. The number of nitriles is 1. The molecule has 1 aromatic carbocycles. The average Bonchev–Trinajstić information content (AvgIpc) is 3.47. The third kappa shape index (κ3) is 4.48. The van der Waals surface area contributed by atoms with Crippen LogP contribution in [0.15, 0.2) is 53.9 Å². The monoisotopic (exact) mass is 433 g/mol. The van der Waals surface area contributed by atoms with E-state index in [1.54, 1.807) is 27.4 Å². The Hall–Kier alpha value is -3.28. The topological polar surface area (TPSA) is 83.6 Å². The van der Waals surface area contributed by atoms with Gasteiger partial charge in [0.25, 0.3) is 0 Å². The van der Waals surface area contributed by atoms with Gasteiger partial charge in [0.05, 0.1) is 41.7 Å². The molecule has 150 valence electrons. The fourth-order valence-corrected chi connectivity index (χ4v) is 4.97. The van der Waals surface area contributed by atoms with Crippen LogP contribution in [0.4, 0.5) is 5.82 Å². The van der Waals surface area contributed by atoms with Gasteiger partial charge in [-0.15, -0.1) is 22.7 Å². The lowest BCUT2D eigenvalue weighted by Gasteiger charge is -2.07. The second-order valence-electron chi connectivity index (χ2n) is 6.66. The van der Waals surface area contributed by atoms with Gasteiger partial charge < -0.3 is 5.32 Å². The zero-order valence-electron chi connectivity index (χ0n) is 16.3. The quantitative estimate of drug-likeness (QED) is 0.437. The molecule has 0 aliphatic carbocycles. The minimum Gasteiger partial charge on any atom is -0.311 e. The lowest BCUT2D eigenvalue weighted by molar-refractivity contribution is -0.115. The van der Waals surface area contributed by atoms with E-state index in [-0.39, 0.29) is 12.3 Å². The molecule has 0 saturated heterocycles. The van der Waals surface area contributed by atoms with Gasteiger partial charge in [-0.3, -0.25) is 4.79 Å². The van der Waals surface area contributed by atoms with Crippen LogP contribution in [0.5, 0.6) is 0 Å². The fourth-order valence-electron chi connectivity index (χ4n) is 3.09. The van der Waals surface area contributed by atoms with E-state index >= 15 is 0 Å². The molecule has 0 aliphatic rings. The van der Waals surface area contributed by atoms with Gasteiger partial charge in [0.2, 0.25) is 5.91 Å². The van der Waals surface area contributed by atoms with Crippen LogP contribution in [0.1, 0.15) is 17.0 Å². The van der Waals surface area contributed by atoms with Crippen LogP contribution in [0.2, 0.25) is 0 Å². The van der Waals surface area contributed by atoms with Crippen molar-refractivity contribution in [3.63, 3.8) is 0 Å². The zero-order chi connectivity index (χ0) is 20.9. The molecule has 0 aliphatic heterocycles. The largest absolute Gasteiger partial charge is 0.311 e. The first kappa shape index (κ1) is 20.0. The Bertz CT molecular complexity index is 1190. The molecule has 0 atom stereocenters. The summed E-state index contributed by atoms with van der Waals surface area (Å²) in [6, 6.07) is 17.9. The SMILES string of the molecule is Cc1cc(NC(=O)Cc2sc(-c3ccccc3)nc2-c2cccs2)n(CCC#N)n1. The van der Waals surface area contributed by atoms with Crippen molar-refractivity contribution in [1.82, 2.24) is 14.8 Å². The molecule has 6 nitrogen and oxygen atoms in total. The highest BCUT2D eigenvalue weighted by Crippen LogP contribution is 2.36. The van der Waals surface area contributed by atoms with Crippen LogP contribution in [-0.4, -0.2) is 20.7 Å². The number of thiazole rings is 1. The van der Waals surface area contributed by atoms with E-state index in [2.05, 4.69) is 16.5 Å². The number of hydrogen-bond acceptors (Lipinski definition) is 6. The first-order chi connectivity index (χ1) is 14.6. The van der Waals surface area contributed by atoms with Crippen molar-refractivity contribution in [1.29, 1.82) is 5.26 Å². The smallest absolute Gasteiger partial charge is 0.230 e. The highest BCUT2D eigenvalue weighted by molar-refractivity contribution is 7.17. The molecule has 0 bridgehead atoms. The van der Waals surface area contributed by atoms with Gasteiger partial charge in [-0.05, 0) is 18.4 Å². The van der Waals surface area contributed by atoms with Crippen molar-refractivity contribution in [2.45, 2.75) is 26.3 Å². The van der Waals surface area contributed by atoms with E-state index in [1.807, 2.05) is 60.8 Å². The molecule has 4 aromatic rings. The maximum Gasteiger partial charge on any atom is 0.230 e. The van der Waals surface area contributed by atoms with Crippen molar-refractivity contribution in [3.05, 3.63) is 64.5 Å². The summed E-state index contributed by atoms with van der Waals surface area (Å²) in [6.07, 6.45) is 0.558. The molecule has 1 N–H and O–H groups in total. The number of anilines is 1. The molecule has 0 fully saturated rings. The summed E-state index contributed by atoms with van der Waals surface area (Å²) < 4.78 is 1.67. The molecule has 0 saturated carbocycles. The third-order valence-corrected chi connectivity index (χ3v) is 6.38. The van der Waals surface area contributed by atoms with Crippen molar-refractivity contribution in [3.8, 4) is 27.2 Å². The minimum absolute atomic E-state index is 0.130. The average molecular weight is 434 g/mol. The zero-order valence-corrected chi connectivity index (χ0v) is 18.0. The Morgan fingerprint density at radius 3 is 2.80 bits per heavy atom. The van der Waals surface area contributed by atoms with Gasteiger partial charge in [-0.1, -0.05) is 36.4 Å². The molecule has 8 heteroatoms.